The molecule has 0 radical (unpaired) electrons. The third-order valence-corrected chi connectivity index (χ3v) is 4.74. The van der Waals surface area contributed by atoms with E-state index in [9.17, 15) is 4.79 Å². The lowest BCUT2D eigenvalue weighted by molar-refractivity contribution is 0.0945. The quantitative estimate of drug-likeness (QED) is 0.715. The second-order valence-corrected chi connectivity index (χ2v) is 6.46. The summed E-state index contributed by atoms with van der Waals surface area (Å²) in [4.78, 5) is 19.3. The molecule has 0 bridgehead atoms. The van der Waals surface area contributed by atoms with Gasteiger partial charge in [0.2, 0.25) is 0 Å². The van der Waals surface area contributed by atoms with Crippen molar-refractivity contribution in [3.63, 3.8) is 0 Å². The number of likely N-dealkylation sites (tertiary alicyclic amines) is 1. The van der Waals surface area contributed by atoms with E-state index in [2.05, 4.69) is 34.4 Å². The SMILES string of the molecule is CCCNc1nc(N)c(C(=O)NCC(C)N2CCCC2)s1. The molecule has 1 amide bonds. The van der Waals surface area contributed by atoms with Crippen LogP contribution in [0, 0.1) is 0 Å². The maximum absolute atomic E-state index is 12.2. The van der Waals surface area contributed by atoms with Crippen molar-refractivity contribution in [2.75, 3.05) is 37.2 Å². The van der Waals surface area contributed by atoms with E-state index in [-0.39, 0.29) is 5.91 Å². The van der Waals surface area contributed by atoms with Gasteiger partial charge in [0.15, 0.2) is 5.13 Å². The van der Waals surface area contributed by atoms with Crippen LogP contribution in [0.5, 0.6) is 0 Å². The van der Waals surface area contributed by atoms with Crippen LogP contribution in [-0.2, 0) is 0 Å². The van der Waals surface area contributed by atoms with Gasteiger partial charge < -0.3 is 16.4 Å². The number of nitrogens with zero attached hydrogens (tertiary/aromatic N) is 2. The first-order chi connectivity index (χ1) is 10.1. The molecule has 1 aliphatic rings. The Morgan fingerprint density at radius 3 is 2.86 bits per heavy atom. The number of anilines is 2. The predicted molar refractivity (Wildman–Crippen MR) is 87.9 cm³/mol. The van der Waals surface area contributed by atoms with Crippen molar-refractivity contribution >= 4 is 28.2 Å². The topological polar surface area (TPSA) is 83.3 Å². The van der Waals surface area contributed by atoms with Crippen LogP contribution in [0.1, 0.15) is 42.8 Å². The normalized spacial score (nSPS) is 16.9. The number of rotatable bonds is 7. The van der Waals surface area contributed by atoms with E-state index in [1.807, 2.05) is 0 Å². The zero-order chi connectivity index (χ0) is 15.2. The summed E-state index contributed by atoms with van der Waals surface area (Å²) in [6, 6.07) is 0.364. The number of carbonyl (C=O) groups is 1. The summed E-state index contributed by atoms with van der Waals surface area (Å²) in [5.74, 6) is 0.186. The number of hydrogen-bond donors (Lipinski definition) is 3. The lowest BCUT2D eigenvalue weighted by atomic mass is 10.3. The van der Waals surface area contributed by atoms with Gasteiger partial charge in [-0.25, -0.2) is 4.98 Å². The molecule has 1 unspecified atom stereocenters. The molecule has 0 saturated carbocycles. The molecule has 2 rings (SSSR count). The molecular formula is C14H25N5OS. The molecule has 1 aromatic rings. The zero-order valence-corrected chi connectivity index (χ0v) is 13.6. The van der Waals surface area contributed by atoms with Crippen LogP contribution in [0.3, 0.4) is 0 Å². The van der Waals surface area contributed by atoms with Gasteiger partial charge in [0.1, 0.15) is 10.7 Å². The summed E-state index contributed by atoms with van der Waals surface area (Å²) in [6.07, 6.45) is 3.52. The number of nitrogens with two attached hydrogens (primary N) is 1. The third kappa shape index (κ3) is 4.31. The van der Waals surface area contributed by atoms with E-state index in [1.54, 1.807) is 0 Å². The minimum Gasteiger partial charge on any atom is -0.382 e. The highest BCUT2D eigenvalue weighted by Crippen LogP contribution is 2.24. The van der Waals surface area contributed by atoms with Crippen LogP contribution < -0.4 is 16.4 Å². The maximum Gasteiger partial charge on any atom is 0.265 e. The molecule has 1 aromatic heterocycles. The van der Waals surface area contributed by atoms with E-state index in [1.165, 1.54) is 24.2 Å². The summed E-state index contributed by atoms with van der Waals surface area (Å²) in [6.45, 7) is 7.97. The fraction of sp³-hybridized carbons (Fsp3) is 0.714. The number of amides is 1. The number of carbonyl (C=O) groups excluding carboxylic acids is 1. The summed E-state index contributed by atoms with van der Waals surface area (Å²) < 4.78 is 0. The predicted octanol–water partition coefficient (Wildman–Crippen LogP) is 1.76. The van der Waals surface area contributed by atoms with Crippen LogP contribution in [0.4, 0.5) is 10.9 Å². The first kappa shape index (κ1) is 16.0. The molecule has 118 valence electrons. The smallest absolute Gasteiger partial charge is 0.265 e. The fourth-order valence-electron chi connectivity index (χ4n) is 2.43. The number of hydrogen-bond acceptors (Lipinski definition) is 6. The average Bonchev–Trinajstić information content (AvgIpc) is 3.11. The third-order valence-electron chi connectivity index (χ3n) is 3.71. The molecular weight excluding hydrogens is 286 g/mol. The van der Waals surface area contributed by atoms with Gasteiger partial charge in [-0.05, 0) is 39.3 Å². The van der Waals surface area contributed by atoms with Gasteiger partial charge in [-0.1, -0.05) is 18.3 Å². The number of nitrogen functional groups attached to an aromatic ring is 1. The van der Waals surface area contributed by atoms with E-state index < -0.39 is 0 Å². The minimum absolute atomic E-state index is 0.124. The van der Waals surface area contributed by atoms with E-state index >= 15 is 0 Å². The molecule has 4 N–H and O–H groups in total. The van der Waals surface area contributed by atoms with Crippen molar-refractivity contribution < 1.29 is 4.79 Å². The highest BCUT2D eigenvalue weighted by atomic mass is 32.1. The van der Waals surface area contributed by atoms with Gasteiger partial charge in [0.05, 0.1) is 0 Å². The Morgan fingerprint density at radius 2 is 2.19 bits per heavy atom. The Hall–Kier alpha value is -1.34. The molecule has 1 saturated heterocycles. The molecule has 21 heavy (non-hydrogen) atoms. The van der Waals surface area contributed by atoms with Crippen molar-refractivity contribution in [1.82, 2.24) is 15.2 Å². The summed E-state index contributed by atoms with van der Waals surface area (Å²) in [5.41, 5.74) is 5.83. The lowest BCUT2D eigenvalue weighted by Gasteiger charge is -2.23. The van der Waals surface area contributed by atoms with E-state index in [4.69, 9.17) is 5.73 Å². The van der Waals surface area contributed by atoms with Crippen LogP contribution in [-0.4, -0.2) is 48.0 Å². The molecule has 0 aromatic carbocycles. The molecule has 7 heteroatoms. The second kappa shape index (κ2) is 7.61. The van der Waals surface area contributed by atoms with Crippen LogP contribution >= 0.6 is 11.3 Å². The van der Waals surface area contributed by atoms with Crippen LogP contribution in [0.2, 0.25) is 0 Å². The standard InChI is InChI=1S/C14H25N5OS/c1-3-6-16-14-18-12(15)11(21-14)13(20)17-9-10(2)19-7-4-5-8-19/h10H,3-9,15H2,1-2H3,(H,16,18)(H,17,20). The van der Waals surface area contributed by atoms with Gasteiger partial charge in [0, 0.05) is 19.1 Å². The zero-order valence-electron chi connectivity index (χ0n) is 12.8. The average molecular weight is 311 g/mol. The van der Waals surface area contributed by atoms with E-state index in [0.717, 1.165) is 26.1 Å². The molecule has 6 nitrogen and oxygen atoms in total. The largest absolute Gasteiger partial charge is 0.382 e. The Balaban J connectivity index is 1.86. The molecule has 1 aliphatic heterocycles. The molecule has 1 atom stereocenters. The number of thiazole rings is 1. The molecule has 0 aliphatic carbocycles. The second-order valence-electron chi connectivity index (χ2n) is 5.46. The summed E-state index contributed by atoms with van der Waals surface area (Å²) >= 11 is 1.32. The Kier molecular flexibility index (Phi) is 5.81. The van der Waals surface area contributed by atoms with Gasteiger partial charge in [0.25, 0.3) is 5.91 Å². The Morgan fingerprint density at radius 1 is 1.48 bits per heavy atom. The fourth-order valence-corrected chi connectivity index (χ4v) is 3.26. The van der Waals surface area contributed by atoms with Gasteiger partial charge in [-0.2, -0.15) is 0 Å². The van der Waals surface area contributed by atoms with Crippen molar-refractivity contribution in [2.45, 2.75) is 39.2 Å². The van der Waals surface area contributed by atoms with Gasteiger partial charge >= 0.3 is 0 Å². The number of aromatic nitrogens is 1. The highest BCUT2D eigenvalue weighted by Gasteiger charge is 2.20. The van der Waals surface area contributed by atoms with E-state index in [0.29, 0.717) is 28.4 Å². The maximum atomic E-state index is 12.2. The Bertz CT molecular complexity index is 470. The number of nitrogens with one attached hydrogen (secondary N) is 2. The van der Waals surface area contributed by atoms with Crippen molar-refractivity contribution in [3.8, 4) is 0 Å². The summed E-state index contributed by atoms with van der Waals surface area (Å²) in [5, 5.41) is 6.84. The highest BCUT2D eigenvalue weighted by molar-refractivity contribution is 7.18. The van der Waals surface area contributed by atoms with Crippen molar-refractivity contribution in [1.29, 1.82) is 0 Å². The first-order valence-corrected chi connectivity index (χ1v) is 8.46. The first-order valence-electron chi connectivity index (χ1n) is 7.64. The summed E-state index contributed by atoms with van der Waals surface area (Å²) in [7, 11) is 0. The monoisotopic (exact) mass is 311 g/mol. The van der Waals surface area contributed by atoms with Gasteiger partial charge in [-0.3, -0.25) is 9.69 Å². The van der Waals surface area contributed by atoms with Crippen molar-refractivity contribution in [2.24, 2.45) is 0 Å². The Labute approximate surface area is 130 Å². The minimum atomic E-state index is -0.124. The van der Waals surface area contributed by atoms with Crippen LogP contribution in [0.25, 0.3) is 0 Å². The molecule has 2 heterocycles. The molecule has 1 fully saturated rings. The van der Waals surface area contributed by atoms with Crippen LogP contribution in [0.15, 0.2) is 0 Å². The van der Waals surface area contributed by atoms with Crippen molar-refractivity contribution in [3.05, 3.63) is 4.88 Å². The molecule has 0 spiro atoms. The van der Waals surface area contributed by atoms with Gasteiger partial charge in [-0.15, -0.1) is 0 Å². The lowest BCUT2D eigenvalue weighted by Crippen LogP contribution is -2.40.